The van der Waals surface area contributed by atoms with E-state index in [1.165, 1.54) is 0 Å². The summed E-state index contributed by atoms with van der Waals surface area (Å²) in [5.41, 5.74) is 3.07. The number of aromatic nitrogens is 2. The van der Waals surface area contributed by atoms with Gasteiger partial charge in [0.1, 0.15) is 5.75 Å². The third-order valence-corrected chi connectivity index (χ3v) is 5.49. The highest BCUT2D eigenvalue weighted by molar-refractivity contribution is 7.15. The molecule has 0 spiro atoms. The Hall–Kier alpha value is -3.12. The van der Waals surface area contributed by atoms with Crippen molar-refractivity contribution in [1.82, 2.24) is 14.7 Å². The van der Waals surface area contributed by atoms with Gasteiger partial charge in [-0.1, -0.05) is 42.5 Å². The Morgan fingerprint density at radius 2 is 1.89 bits per heavy atom. The van der Waals surface area contributed by atoms with E-state index in [2.05, 4.69) is 22.4 Å². The number of hydrogen-bond acceptors (Lipinski definition) is 4. The molecule has 4 aromatic rings. The number of methoxy groups -OCH3 is 1. The number of nitrogens with zero attached hydrogens (tertiary/aromatic N) is 2. The van der Waals surface area contributed by atoms with Crippen LogP contribution in [0.5, 0.6) is 5.75 Å². The molecule has 0 aliphatic heterocycles. The first-order chi connectivity index (χ1) is 13.7. The van der Waals surface area contributed by atoms with Gasteiger partial charge < -0.3 is 10.1 Å². The average molecular weight is 391 g/mol. The molecule has 142 valence electrons. The van der Waals surface area contributed by atoms with Crippen LogP contribution in [0.4, 0.5) is 0 Å². The van der Waals surface area contributed by atoms with Gasteiger partial charge >= 0.3 is 0 Å². The third kappa shape index (κ3) is 4.07. The second-order valence-electron chi connectivity index (χ2n) is 6.54. The number of carbonyl (C=O) groups excluding carboxylic acids is 1. The van der Waals surface area contributed by atoms with E-state index in [1.807, 2.05) is 64.6 Å². The first-order valence-electron chi connectivity index (χ1n) is 9.09. The van der Waals surface area contributed by atoms with Gasteiger partial charge in [0.05, 0.1) is 19.3 Å². The van der Waals surface area contributed by atoms with Crippen LogP contribution >= 0.6 is 11.3 Å². The lowest BCUT2D eigenvalue weighted by atomic mass is 9.88. The van der Waals surface area contributed by atoms with Gasteiger partial charge in [-0.05, 0) is 23.3 Å². The van der Waals surface area contributed by atoms with Gasteiger partial charge in [-0.3, -0.25) is 9.20 Å². The maximum Gasteiger partial charge on any atom is 0.221 e. The van der Waals surface area contributed by atoms with E-state index >= 15 is 0 Å². The fourth-order valence-electron chi connectivity index (χ4n) is 3.26. The van der Waals surface area contributed by atoms with E-state index in [4.69, 9.17) is 4.74 Å². The summed E-state index contributed by atoms with van der Waals surface area (Å²) in [6.45, 7) is 0.428. The van der Waals surface area contributed by atoms with E-state index in [0.29, 0.717) is 13.0 Å². The molecule has 0 fully saturated rings. The molecule has 0 radical (unpaired) electrons. The molecule has 6 heteroatoms. The van der Waals surface area contributed by atoms with Crippen molar-refractivity contribution in [2.75, 3.05) is 7.11 Å². The van der Waals surface area contributed by atoms with Gasteiger partial charge in [0.15, 0.2) is 4.96 Å². The second kappa shape index (κ2) is 8.27. The van der Waals surface area contributed by atoms with Crippen LogP contribution in [0.15, 0.2) is 72.4 Å². The van der Waals surface area contributed by atoms with Crippen LogP contribution in [0, 0.1) is 0 Å². The molecule has 1 amide bonds. The summed E-state index contributed by atoms with van der Waals surface area (Å²) in [5, 5.41) is 5.00. The molecule has 1 atom stereocenters. The number of benzene rings is 2. The maximum atomic E-state index is 12.7. The summed E-state index contributed by atoms with van der Waals surface area (Å²) >= 11 is 1.58. The zero-order valence-electron chi connectivity index (χ0n) is 15.5. The van der Waals surface area contributed by atoms with Crippen molar-refractivity contribution >= 4 is 22.2 Å². The van der Waals surface area contributed by atoms with Crippen LogP contribution in [-0.4, -0.2) is 22.4 Å². The van der Waals surface area contributed by atoms with Crippen molar-refractivity contribution in [3.05, 3.63) is 89.2 Å². The van der Waals surface area contributed by atoms with Gasteiger partial charge in [0.2, 0.25) is 5.91 Å². The van der Waals surface area contributed by atoms with Crippen LogP contribution in [-0.2, 0) is 11.3 Å². The van der Waals surface area contributed by atoms with Crippen molar-refractivity contribution in [1.29, 1.82) is 0 Å². The summed E-state index contributed by atoms with van der Waals surface area (Å²) in [5.74, 6) is 0.790. The Labute approximate surface area is 167 Å². The van der Waals surface area contributed by atoms with E-state index in [9.17, 15) is 4.79 Å². The number of carbonyl (C=O) groups is 1. The van der Waals surface area contributed by atoms with E-state index < -0.39 is 0 Å². The third-order valence-electron chi connectivity index (χ3n) is 4.72. The topological polar surface area (TPSA) is 55.6 Å². The molecule has 5 nitrogen and oxygen atoms in total. The van der Waals surface area contributed by atoms with Crippen LogP contribution in [0.3, 0.4) is 0 Å². The van der Waals surface area contributed by atoms with Gasteiger partial charge in [0.25, 0.3) is 0 Å². The quantitative estimate of drug-likeness (QED) is 0.513. The molecule has 2 aromatic carbocycles. The molecular formula is C22H21N3O2S. The Bertz CT molecular complexity index is 1030. The fraction of sp³-hybridized carbons (Fsp3) is 0.182. The van der Waals surface area contributed by atoms with Crippen molar-refractivity contribution in [3.63, 3.8) is 0 Å². The summed E-state index contributed by atoms with van der Waals surface area (Å²) in [4.78, 5) is 18.1. The zero-order valence-corrected chi connectivity index (χ0v) is 16.4. The number of imidazole rings is 1. The number of fused-ring (bicyclic) bond motifs is 1. The predicted octanol–water partition coefficient (Wildman–Crippen LogP) is 4.24. The molecule has 2 aromatic heterocycles. The monoisotopic (exact) mass is 391 g/mol. The SMILES string of the molecule is COc1ccc([C@@H](CC(=O)NCc2cn3ccsc3n2)c2ccccc2)cc1. The normalized spacial score (nSPS) is 12.0. The van der Waals surface area contributed by atoms with E-state index in [-0.39, 0.29) is 11.8 Å². The molecule has 1 N–H and O–H groups in total. The highest BCUT2D eigenvalue weighted by atomic mass is 32.1. The molecule has 0 aliphatic rings. The number of thiazole rings is 1. The molecule has 0 bridgehead atoms. The molecule has 0 saturated carbocycles. The minimum absolute atomic E-state index is 0.000950. The van der Waals surface area contributed by atoms with Crippen LogP contribution < -0.4 is 10.1 Å². The summed E-state index contributed by atoms with van der Waals surface area (Å²) in [6, 6.07) is 18.0. The Morgan fingerprint density at radius 1 is 1.14 bits per heavy atom. The highest BCUT2D eigenvalue weighted by Crippen LogP contribution is 2.29. The molecular weight excluding hydrogens is 370 g/mol. The van der Waals surface area contributed by atoms with Crippen molar-refractivity contribution in [2.45, 2.75) is 18.9 Å². The smallest absolute Gasteiger partial charge is 0.221 e. The lowest BCUT2D eigenvalue weighted by molar-refractivity contribution is -0.121. The summed E-state index contributed by atoms with van der Waals surface area (Å²) in [6.07, 6.45) is 4.29. The lowest BCUT2D eigenvalue weighted by Gasteiger charge is -2.18. The van der Waals surface area contributed by atoms with Crippen LogP contribution in [0.1, 0.15) is 29.2 Å². The van der Waals surface area contributed by atoms with Crippen LogP contribution in [0.25, 0.3) is 4.96 Å². The first kappa shape index (κ1) is 18.3. The minimum atomic E-state index is -0.0161. The van der Waals surface area contributed by atoms with Crippen LogP contribution in [0.2, 0.25) is 0 Å². The number of amides is 1. The van der Waals surface area contributed by atoms with E-state index in [1.54, 1.807) is 18.4 Å². The Morgan fingerprint density at radius 3 is 2.61 bits per heavy atom. The molecule has 0 aliphatic carbocycles. The zero-order chi connectivity index (χ0) is 19.3. The van der Waals surface area contributed by atoms with E-state index in [0.717, 1.165) is 27.5 Å². The Balaban J connectivity index is 1.47. The fourth-order valence-corrected chi connectivity index (χ4v) is 3.98. The molecule has 2 heterocycles. The Kier molecular flexibility index (Phi) is 5.39. The number of rotatable bonds is 7. The van der Waals surface area contributed by atoms with Gasteiger partial charge in [-0.25, -0.2) is 4.98 Å². The lowest BCUT2D eigenvalue weighted by Crippen LogP contribution is -2.25. The number of nitrogens with one attached hydrogen (secondary N) is 1. The van der Waals surface area contributed by atoms with Crippen molar-refractivity contribution in [3.8, 4) is 5.75 Å². The summed E-state index contributed by atoms with van der Waals surface area (Å²) < 4.78 is 7.22. The van der Waals surface area contributed by atoms with Gasteiger partial charge in [-0.15, -0.1) is 11.3 Å². The van der Waals surface area contributed by atoms with Crippen molar-refractivity contribution in [2.24, 2.45) is 0 Å². The van der Waals surface area contributed by atoms with Gasteiger partial charge in [0, 0.05) is 30.1 Å². The number of hydrogen-bond donors (Lipinski definition) is 1. The molecule has 28 heavy (non-hydrogen) atoms. The molecule has 0 unspecified atom stereocenters. The van der Waals surface area contributed by atoms with Crippen molar-refractivity contribution < 1.29 is 9.53 Å². The largest absolute Gasteiger partial charge is 0.497 e. The molecule has 0 saturated heterocycles. The highest BCUT2D eigenvalue weighted by Gasteiger charge is 2.18. The number of ether oxygens (including phenoxy) is 1. The predicted molar refractivity (Wildman–Crippen MR) is 111 cm³/mol. The average Bonchev–Trinajstić information content (AvgIpc) is 3.33. The van der Waals surface area contributed by atoms with Gasteiger partial charge in [-0.2, -0.15) is 0 Å². The molecule has 4 rings (SSSR count). The maximum absolute atomic E-state index is 12.7. The minimum Gasteiger partial charge on any atom is -0.497 e. The second-order valence-corrected chi connectivity index (χ2v) is 7.42. The first-order valence-corrected chi connectivity index (χ1v) is 9.97. The standard InChI is InChI=1S/C22H21N3O2S/c1-27-19-9-7-17(8-10-19)20(16-5-3-2-4-6-16)13-21(26)23-14-18-15-25-11-12-28-22(25)24-18/h2-12,15,20H,13-14H2,1H3,(H,23,26)/t20-/m0/s1. The summed E-state index contributed by atoms with van der Waals surface area (Å²) in [7, 11) is 1.65.